The molecule has 0 aliphatic carbocycles. The van der Waals surface area contributed by atoms with Crippen molar-refractivity contribution in [3.63, 3.8) is 0 Å². The van der Waals surface area contributed by atoms with Crippen LogP contribution in [0, 0.1) is 5.92 Å². The number of rotatable bonds is 6. The Morgan fingerprint density at radius 1 is 1.32 bits per heavy atom. The summed E-state index contributed by atoms with van der Waals surface area (Å²) in [6, 6.07) is 7.63. The highest BCUT2D eigenvalue weighted by molar-refractivity contribution is 5.91. The number of nitrogens with one attached hydrogen (secondary N) is 1. The van der Waals surface area contributed by atoms with Gasteiger partial charge in [0.1, 0.15) is 0 Å². The second-order valence-corrected chi connectivity index (χ2v) is 5.16. The molecule has 2 unspecified atom stereocenters. The number of nitrogens with two attached hydrogens (primary N) is 1. The molecule has 104 valence electrons. The standard InChI is InChI=1S/C16H24N2O/c1-4-12(2)11-13(3)18-16(19)10-7-14-5-8-15(17)9-6-14/h5-10,12-13H,4,11,17H2,1-3H3,(H,18,19)/b10-7+. The third-order valence-electron chi connectivity index (χ3n) is 3.21. The van der Waals surface area contributed by atoms with Gasteiger partial charge in [-0.15, -0.1) is 0 Å². The summed E-state index contributed by atoms with van der Waals surface area (Å²) in [5.74, 6) is 0.587. The van der Waals surface area contributed by atoms with Crippen molar-refractivity contribution in [2.24, 2.45) is 5.92 Å². The Morgan fingerprint density at radius 3 is 2.53 bits per heavy atom. The van der Waals surface area contributed by atoms with E-state index in [9.17, 15) is 4.79 Å². The molecule has 0 aromatic heterocycles. The van der Waals surface area contributed by atoms with Gasteiger partial charge in [0.05, 0.1) is 0 Å². The molecule has 0 aliphatic heterocycles. The summed E-state index contributed by atoms with van der Waals surface area (Å²) in [6.07, 6.45) is 5.52. The molecule has 2 atom stereocenters. The molecule has 1 aromatic carbocycles. The molecule has 3 N–H and O–H groups in total. The molecule has 0 fully saturated rings. The van der Waals surface area contributed by atoms with E-state index in [0.29, 0.717) is 5.92 Å². The highest BCUT2D eigenvalue weighted by Crippen LogP contribution is 2.10. The van der Waals surface area contributed by atoms with Gasteiger partial charge in [0.2, 0.25) is 5.91 Å². The third kappa shape index (κ3) is 6.09. The van der Waals surface area contributed by atoms with Crippen LogP contribution in [0.1, 0.15) is 39.2 Å². The van der Waals surface area contributed by atoms with Crippen molar-refractivity contribution in [1.29, 1.82) is 0 Å². The van der Waals surface area contributed by atoms with E-state index in [2.05, 4.69) is 19.2 Å². The monoisotopic (exact) mass is 260 g/mol. The Balaban J connectivity index is 2.44. The predicted octanol–water partition coefficient (Wildman–Crippen LogP) is 3.22. The van der Waals surface area contributed by atoms with Crippen LogP contribution in [-0.2, 0) is 4.79 Å². The van der Waals surface area contributed by atoms with Crippen LogP contribution in [0.15, 0.2) is 30.3 Å². The smallest absolute Gasteiger partial charge is 0.244 e. The average molecular weight is 260 g/mol. The minimum atomic E-state index is -0.0485. The second kappa shape index (κ2) is 7.62. The van der Waals surface area contributed by atoms with Crippen LogP contribution >= 0.6 is 0 Å². The maximum atomic E-state index is 11.7. The van der Waals surface area contributed by atoms with E-state index in [1.807, 2.05) is 31.2 Å². The Hall–Kier alpha value is -1.77. The summed E-state index contributed by atoms with van der Waals surface area (Å²) in [7, 11) is 0. The van der Waals surface area contributed by atoms with Crippen molar-refractivity contribution in [2.75, 3.05) is 5.73 Å². The van der Waals surface area contributed by atoms with E-state index in [1.165, 1.54) is 0 Å². The summed E-state index contributed by atoms with van der Waals surface area (Å²) in [4.78, 5) is 11.7. The zero-order chi connectivity index (χ0) is 14.3. The Morgan fingerprint density at radius 2 is 1.95 bits per heavy atom. The Labute approximate surface area is 115 Å². The van der Waals surface area contributed by atoms with Crippen molar-refractivity contribution in [2.45, 2.75) is 39.7 Å². The first-order chi connectivity index (χ1) is 9.01. The summed E-state index contributed by atoms with van der Waals surface area (Å²) in [5, 5.41) is 2.98. The average Bonchev–Trinajstić information content (AvgIpc) is 2.37. The molecule has 0 bridgehead atoms. The van der Waals surface area contributed by atoms with E-state index >= 15 is 0 Å². The minimum Gasteiger partial charge on any atom is -0.399 e. The second-order valence-electron chi connectivity index (χ2n) is 5.16. The fourth-order valence-electron chi connectivity index (χ4n) is 1.90. The van der Waals surface area contributed by atoms with Gasteiger partial charge < -0.3 is 11.1 Å². The van der Waals surface area contributed by atoms with Crippen LogP contribution in [0.3, 0.4) is 0 Å². The first-order valence-electron chi connectivity index (χ1n) is 6.85. The van der Waals surface area contributed by atoms with Gasteiger partial charge in [0, 0.05) is 17.8 Å². The zero-order valence-corrected chi connectivity index (χ0v) is 12.0. The molecule has 0 spiro atoms. The van der Waals surface area contributed by atoms with Crippen molar-refractivity contribution >= 4 is 17.7 Å². The lowest BCUT2D eigenvalue weighted by molar-refractivity contribution is -0.117. The highest BCUT2D eigenvalue weighted by Gasteiger charge is 2.08. The molecule has 0 heterocycles. The predicted molar refractivity (Wildman–Crippen MR) is 81.6 cm³/mol. The quantitative estimate of drug-likeness (QED) is 0.609. The molecular formula is C16H24N2O. The molecule has 0 saturated carbocycles. The number of carbonyl (C=O) groups excluding carboxylic acids is 1. The molecule has 0 radical (unpaired) electrons. The van der Waals surface area contributed by atoms with E-state index in [4.69, 9.17) is 5.73 Å². The van der Waals surface area contributed by atoms with Gasteiger partial charge >= 0.3 is 0 Å². The van der Waals surface area contributed by atoms with Gasteiger partial charge in [-0.05, 0) is 43.0 Å². The molecule has 3 heteroatoms. The van der Waals surface area contributed by atoms with Crippen molar-refractivity contribution in [3.8, 4) is 0 Å². The van der Waals surface area contributed by atoms with E-state index < -0.39 is 0 Å². The summed E-state index contributed by atoms with van der Waals surface area (Å²) < 4.78 is 0. The van der Waals surface area contributed by atoms with Crippen LogP contribution in [-0.4, -0.2) is 11.9 Å². The number of hydrogen-bond acceptors (Lipinski definition) is 2. The minimum absolute atomic E-state index is 0.0485. The van der Waals surface area contributed by atoms with E-state index in [0.717, 1.165) is 24.1 Å². The third-order valence-corrected chi connectivity index (χ3v) is 3.21. The molecule has 3 nitrogen and oxygen atoms in total. The van der Waals surface area contributed by atoms with Gasteiger partial charge in [-0.1, -0.05) is 32.4 Å². The number of nitrogen functional groups attached to an aromatic ring is 1. The number of amides is 1. The maximum Gasteiger partial charge on any atom is 0.244 e. The first-order valence-corrected chi connectivity index (χ1v) is 6.85. The summed E-state index contributed by atoms with van der Waals surface area (Å²) in [5.41, 5.74) is 7.30. The Bertz CT molecular complexity index is 423. The fraction of sp³-hybridized carbons (Fsp3) is 0.438. The largest absolute Gasteiger partial charge is 0.399 e. The number of hydrogen-bond donors (Lipinski definition) is 2. The summed E-state index contributed by atoms with van der Waals surface area (Å²) >= 11 is 0. The zero-order valence-electron chi connectivity index (χ0n) is 12.0. The van der Waals surface area contributed by atoms with Crippen molar-refractivity contribution < 1.29 is 4.79 Å². The van der Waals surface area contributed by atoms with Crippen molar-refractivity contribution in [1.82, 2.24) is 5.32 Å². The lowest BCUT2D eigenvalue weighted by atomic mass is 10.0. The topological polar surface area (TPSA) is 55.1 Å². The molecule has 1 rings (SSSR count). The van der Waals surface area contributed by atoms with Crippen LogP contribution in [0.4, 0.5) is 5.69 Å². The van der Waals surface area contributed by atoms with Crippen LogP contribution in [0.5, 0.6) is 0 Å². The number of anilines is 1. The van der Waals surface area contributed by atoms with Gasteiger partial charge in [0.25, 0.3) is 0 Å². The van der Waals surface area contributed by atoms with Gasteiger partial charge in [-0.2, -0.15) is 0 Å². The lowest BCUT2D eigenvalue weighted by Crippen LogP contribution is -2.32. The van der Waals surface area contributed by atoms with Gasteiger partial charge in [-0.25, -0.2) is 0 Å². The molecule has 0 saturated heterocycles. The van der Waals surface area contributed by atoms with Gasteiger partial charge in [0.15, 0.2) is 0 Å². The molecular weight excluding hydrogens is 236 g/mol. The first kappa shape index (κ1) is 15.3. The van der Waals surface area contributed by atoms with Crippen LogP contribution in [0.25, 0.3) is 6.08 Å². The normalized spacial score (nSPS) is 14.3. The maximum absolute atomic E-state index is 11.7. The lowest BCUT2D eigenvalue weighted by Gasteiger charge is -2.16. The van der Waals surface area contributed by atoms with E-state index in [-0.39, 0.29) is 11.9 Å². The molecule has 1 amide bonds. The fourth-order valence-corrected chi connectivity index (χ4v) is 1.90. The molecule has 1 aromatic rings. The molecule has 0 aliphatic rings. The Kier molecular flexibility index (Phi) is 6.13. The van der Waals surface area contributed by atoms with Gasteiger partial charge in [-0.3, -0.25) is 4.79 Å². The van der Waals surface area contributed by atoms with Crippen LogP contribution in [0.2, 0.25) is 0 Å². The van der Waals surface area contributed by atoms with Crippen molar-refractivity contribution in [3.05, 3.63) is 35.9 Å². The SMILES string of the molecule is CCC(C)CC(C)NC(=O)/C=C/c1ccc(N)cc1. The van der Waals surface area contributed by atoms with E-state index in [1.54, 1.807) is 12.2 Å². The number of benzene rings is 1. The summed E-state index contributed by atoms with van der Waals surface area (Å²) in [6.45, 7) is 6.41. The number of carbonyl (C=O) groups is 1. The van der Waals surface area contributed by atoms with Crippen LogP contribution < -0.4 is 11.1 Å². The molecule has 19 heavy (non-hydrogen) atoms. The highest BCUT2D eigenvalue weighted by atomic mass is 16.1.